The molecule has 0 amide bonds. The third-order valence-corrected chi connectivity index (χ3v) is 6.01. The summed E-state index contributed by atoms with van der Waals surface area (Å²) in [5.74, 6) is 0. The van der Waals surface area contributed by atoms with Crippen LogP contribution in [0.3, 0.4) is 0 Å². The molecule has 0 aliphatic heterocycles. The molecule has 0 rings (SSSR count). The van der Waals surface area contributed by atoms with Crippen LogP contribution in [0.4, 0.5) is 0 Å². The van der Waals surface area contributed by atoms with E-state index in [0.29, 0.717) is 5.56 Å². The molecule has 0 aliphatic rings. The van der Waals surface area contributed by atoms with Gasteiger partial charge in [-0.2, -0.15) is 0 Å². The third-order valence-electron chi connectivity index (χ3n) is 1.51. The van der Waals surface area contributed by atoms with Crippen LogP contribution in [0, 0.1) is 0 Å². The summed E-state index contributed by atoms with van der Waals surface area (Å²) < 4.78 is 0. The fraction of sp³-hybridized carbons (Fsp3) is 1.00. The Morgan fingerprint density at radius 2 is 1.40 bits per heavy atom. The largest absolute Gasteiger partial charge is 0.0654 e. The highest BCUT2D eigenvalue weighted by Gasteiger charge is 1.99. The Kier molecular flexibility index (Phi) is 9.22. The van der Waals surface area contributed by atoms with Gasteiger partial charge in [0, 0.05) is 0 Å². The Morgan fingerprint density at radius 3 is 1.70 bits per heavy atom. The molecule has 0 spiro atoms. The molecule has 0 radical (unpaired) electrons. The van der Waals surface area contributed by atoms with Crippen molar-refractivity contribution in [3.63, 3.8) is 0 Å². The molecule has 0 aromatic heterocycles. The van der Waals surface area contributed by atoms with Gasteiger partial charge >= 0.3 is 0 Å². The average molecular weight is 272 g/mol. The van der Waals surface area contributed by atoms with Gasteiger partial charge in [-0.05, 0) is 30.7 Å². The molecular weight excluding hydrogens is 254 g/mol. The molecule has 0 unspecified atom stereocenters. The number of rotatable bonds is 6. The Bertz CT molecular complexity index is 58.3. The van der Waals surface area contributed by atoms with Crippen molar-refractivity contribution in [2.45, 2.75) is 39.5 Å². The van der Waals surface area contributed by atoms with Crippen molar-refractivity contribution in [3.05, 3.63) is 0 Å². The van der Waals surface area contributed by atoms with E-state index in [0.717, 1.165) is 0 Å². The minimum Gasteiger partial charge on any atom is -0.0654 e. The van der Waals surface area contributed by atoms with Crippen LogP contribution in [-0.2, 0) is 0 Å². The predicted octanol–water partition coefficient (Wildman–Crippen LogP) is 4.42. The van der Waals surface area contributed by atoms with E-state index in [1.807, 2.05) is 0 Å². The van der Waals surface area contributed by atoms with Crippen LogP contribution in [0.15, 0.2) is 0 Å². The van der Waals surface area contributed by atoms with Crippen LogP contribution in [0.2, 0.25) is 0 Å². The zero-order valence-electron chi connectivity index (χ0n) is 7.07. The van der Waals surface area contributed by atoms with E-state index in [9.17, 15) is 0 Å². The van der Waals surface area contributed by atoms with Gasteiger partial charge in [-0.25, -0.2) is 0 Å². The SMILES string of the molecule is CCCCP(I)CCCC. The molecule has 0 atom stereocenters. The standard InChI is InChI=1S/C8H18IP/c1-3-5-7-10(9)8-6-4-2/h3-8H2,1-2H3. The molecule has 10 heavy (non-hydrogen) atoms. The number of halogens is 1. The topological polar surface area (TPSA) is 0 Å². The molecule has 0 bridgehead atoms. The minimum atomic E-state index is 0.378. The van der Waals surface area contributed by atoms with Crippen LogP contribution in [0.25, 0.3) is 0 Å². The first-order valence-corrected chi connectivity index (χ1v) is 8.71. The van der Waals surface area contributed by atoms with Crippen LogP contribution >= 0.6 is 27.6 Å². The van der Waals surface area contributed by atoms with Crippen LogP contribution in [0.1, 0.15) is 39.5 Å². The van der Waals surface area contributed by atoms with Crippen molar-refractivity contribution in [3.8, 4) is 0 Å². The first-order chi connectivity index (χ1) is 4.81. The number of hydrogen-bond donors (Lipinski definition) is 0. The molecular formula is C8H18IP. The van der Waals surface area contributed by atoms with Crippen LogP contribution in [0.5, 0.6) is 0 Å². The Morgan fingerprint density at radius 1 is 1.00 bits per heavy atom. The quantitative estimate of drug-likeness (QED) is 0.496. The van der Waals surface area contributed by atoms with E-state index in [4.69, 9.17) is 0 Å². The molecule has 0 heterocycles. The van der Waals surface area contributed by atoms with Crippen molar-refractivity contribution in [2.24, 2.45) is 0 Å². The number of unbranched alkanes of at least 4 members (excludes halogenated alkanes) is 2. The van der Waals surface area contributed by atoms with Crippen molar-refractivity contribution < 1.29 is 0 Å². The Hall–Kier alpha value is 1.16. The lowest BCUT2D eigenvalue weighted by molar-refractivity contribution is 0.873. The van der Waals surface area contributed by atoms with Crippen molar-refractivity contribution >= 4 is 27.6 Å². The van der Waals surface area contributed by atoms with Crippen molar-refractivity contribution in [1.29, 1.82) is 0 Å². The highest BCUT2D eigenvalue weighted by atomic mass is 127. The zero-order valence-corrected chi connectivity index (χ0v) is 10.1. The number of hydrogen-bond acceptors (Lipinski definition) is 0. The van der Waals surface area contributed by atoms with Gasteiger partial charge in [0.25, 0.3) is 0 Å². The maximum atomic E-state index is 2.65. The highest BCUT2D eigenvalue weighted by molar-refractivity contribution is 14.2. The molecule has 0 aromatic carbocycles. The monoisotopic (exact) mass is 272 g/mol. The summed E-state index contributed by atoms with van der Waals surface area (Å²) in [6.45, 7) is 4.55. The first-order valence-electron chi connectivity index (χ1n) is 4.22. The van der Waals surface area contributed by atoms with Gasteiger partial charge < -0.3 is 0 Å². The van der Waals surface area contributed by atoms with E-state index >= 15 is 0 Å². The van der Waals surface area contributed by atoms with Gasteiger partial charge in [-0.1, -0.05) is 48.7 Å². The van der Waals surface area contributed by atoms with Gasteiger partial charge in [-0.15, -0.1) is 0 Å². The maximum Gasteiger partial charge on any atom is -0.0235 e. The summed E-state index contributed by atoms with van der Waals surface area (Å²) in [6.07, 6.45) is 8.61. The summed E-state index contributed by atoms with van der Waals surface area (Å²) in [4.78, 5) is 0. The molecule has 0 fully saturated rings. The summed E-state index contributed by atoms with van der Waals surface area (Å²) in [6, 6.07) is 0. The normalized spacial score (nSPS) is 10.8. The van der Waals surface area contributed by atoms with E-state index in [2.05, 4.69) is 35.9 Å². The molecule has 62 valence electrons. The van der Waals surface area contributed by atoms with Gasteiger partial charge in [0.05, 0.1) is 0 Å². The van der Waals surface area contributed by atoms with Crippen LogP contribution in [-0.4, -0.2) is 12.3 Å². The Balaban J connectivity index is 3.00. The molecule has 0 saturated heterocycles. The predicted molar refractivity (Wildman–Crippen MR) is 60.5 cm³/mol. The summed E-state index contributed by atoms with van der Waals surface area (Å²) >= 11 is 2.65. The van der Waals surface area contributed by atoms with Crippen molar-refractivity contribution in [2.75, 3.05) is 12.3 Å². The second-order valence-electron chi connectivity index (χ2n) is 2.62. The second kappa shape index (κ2) is 8.26. The third kappa shape index (κ3) is 7.27. The molecule has 0 saturated carbocycles. The van der Waals surface area contributed by atoms with Gasteiger partial charge in [-0.3, -0.25) is 0 Å². The lowest BCUT2D eigenvalue weighted by Crippen LogP contribution is -1.83. The van der Waals surface area contributed by atoms with E-state index in [1.54, 1.807) is 0 Å². The fourth-order valence-electron chi connectivity index (χ4n) is 0.771. The summed E-state index contributed by atoms with van der Waals surface area (Å²) in [7, 11) is 0. The smallest absolute Gasteiger partial charge is 0.0235 e. The average Bonchev–Trinajstić information content (AvgIpc) is 1.97. The molecule has 2 heteroatoms. The highest BCUT2D eigenvalue weighted by Crippen LogP contribution is 2.46. The maximum absolute atomic E-state index is 2.65. The van der Waals surface area contributed by atoms with E-state index in [1.165, 1.54) is 38.0 Å². The molecule has 0 N–H and O–H groups in total. The zero-order chi connectivity index (χ0) is 7.82. The van der Waals surface area contributed by atoms with Gasteiger partial charge in [0.15, 0.2) is 0 Å². The lowest BCUT2D eigenvalue weighted by atomic mass is 10.4. The van der Waals surface area contributed by atoms with E-state index in [-0.39, 0.29) is 0 Å². The Labute approximate surface area is 79.4 Å². The van der Waals surface area contributed by atoms with E-state index < -0.39 is 0 Å². The summed E-state index contributed by atoms with van der Waals surface area (Å²) in [5.41, 5.74) is 0.378. The van der Waals surface area contributed by atoms with Crippen LogP contribution < -0.4 is 0 Å². The first kappa shape index (κ1) is 11.2. The second-order valence-corrected chi connectivity index (χ2v) is 8.53. The van der Waals surface area contributed by atoms with Gasteiger partial charge in [0.2, 0.25) is 0 Å². The van der Waals surface area contributed by atoms with Crippen molar-refractivity contribution in [1.82, 2.24) is 0 Å². The lowest BCUT2D eigenvalue weighted by Gasteiger charge is -2.07. The van der Waals surface area contributed by atoms with Gasteiger partial charge in [0.1, 0.15) is 0 Å². The molecule has 0 aliphatic carbocycles. The fourth-order valence-corrected chi connectivity index (χ4v) is 4.36. The minimum absolute atomic E-state index is 0.378. The summed E-state index contributed by atoms with van der Waals surface area (Å²) in [5, 5.41) is 0. The molecule has 0 nitrogen and oxygen atoms in total. The molecule has 0 aromatic rings.